The molecule has 0 N–H and O–H groups in total. The van der Waals surface area contributed by atoms with Crippen molar-refractivity contribution in [2.24, 2.45) is 0 Å². The van der Waals surface area contributed by atoms with Gasteiger partial charge in [-0.05, 0) is 49.6 Å². The summed E-state index contributed by atoms with van der Waals surface area (Å²) in [5, 5.41) is 17.9. The molecule has 8 nitrogen and oxygen atoms in total. The summed E-state index contributed by atoms with van der Waals surface area (Å²) in [6.07, 6.45) is 3.74. The summed E-state index contributed by atoms with van der Waals surface area (Å²) in [5.41, 5.74) is 1.77. The third kappa shape index (κ3) is 3.91. The van der Waals surface area contributed by atoms with Crippen LogP contribution in [0.15, 0.2) is 48.8 Å². The molecule has 3 aromatic rings. The van der Waals surface area contributed by atoms with E-state index in [2.05, 4.69) is 5.10 Å². The Hall–Kier alpha value is -3.85. The van der Waals surface area contributed by atoms with Gasteiger partial charge in [0.25, 0.3) is 11.6 Å². The van der Waals surface area contributed by atoms with Crippen molar-refractivity contribution in [2.45, 2.75) is 20.3 Å². The smallest absolute Gasteiger partial charge is 0.326 e. The molecule has 1 aromatic carbocycles. The fourth-order valence-electron chi connectivity index (χ4n) is 3.85. The molecule has 0 saturated carbocycles. The van der Waals surface area contributed by atoms with Crippen molar-refractivity contribution in [2.75, 3.05) is 20.3 Å². The van der Waals surface area contributed by atoms with Gasteiger partial charge in [0.2, 0.25) is 0 Å². The Bertz CT molecular complexity index is 1260. The van der Waals surface area contributed by atoms with Gasteiger partial charge in [0.15, 0.2) is 12.4 Å². The van der Waals surface area contributed by atoms with Crippen LogP contribution in [0.4, 0.5) is 4.39 Å². The van der Waals surface area contributed by atoms with E-state index in [1.54, 1.807) is 23.0 Å². The fourth-order valence-corrected chi connectivity index (χ4v) is 3.85. The molecule has 0 fully saturated rings. The lowest BCUT2D eigenvalue weighted by atomic mass is 10.0. The molecule has 0 spiro atoms. The van der Waals surface area contributed by atoms with Gasteiger partial charge in [0.1, 0.15) is 11.4 Å². The first-order valence-corrected chi connectivity index (χ1v) is 10.5. The average molecular weight is 450 g/mol. The predicted octanol–water partition coefficient (Wildman–Crippen LogP) is 1.63. The number of hydrogen-bond acceptors (Lipinski definition) is 5. The molecule has 4 rings (SSSR count). The summed E-state index contributed by atoms with van der Waals surface area (Å²) < 4.78 is 21.2. The Morgan fingerprint density at radius 2 is 1.88 bits per heavy atom. The summed E-state index contributed by atoms with van der Waals surface area (Å²) >= 11 is 0. The zero-order chi connectivity index (χ0) is 23.7. The Kier molecular flexibility index (Phi) is 6.06. The number of imide groups is 1. The van der Waals surface area contributed by atoms with Gasteiger partial charge >= 0.3 is 5.91 Å². The normalized spacial score (nSPS) is 14.0. The molecule has 33 heavy (non-hydrogen) atoms. The molecule has 170 valence electrons. The van der Waals surface area contributed by atoms with Crippen LogP contribution in [0, 0.1) is 12.7 Å². The standard InChI is InChI=1S/C24H23FN4O4/c1-4-18-19(23(31)29(26-18)17-9-7-16(25)8-10-17)20-21(27-11-5-6-15(2)14-27)24(32)28(22(20)30)12-13-33-3/h5-11,14H,4,12-13H2,1-3H3. The number of carbonyl (C=O) groups excluding carboxylic acids is 2. The van der Waals surface area contributed by atoms with Gasteiger partial charge in [0.05, 0.1) is 24.5 Å². The van der Waals surface area contributed by atoms with E-state index in [0.717, 1.165) is 15.1 Å². The third-order valence-corrected chi connectivity index (χ3v) is 5.44. The van der Waals surface area contributed by atoms with E-state index >= 15 is 0 Å². The number of methoxy groups -OCH3 is 1. The molecule has 9 heteroatoms. The maximum absolute atomic E-state index is 13.5. The number of halogens is 1. The average Bonchev–Trinajstić information content (AvgIpc) is 3.25. The van der Waals surface area contributed by atoms with E-state index in [1.807, 2.05) is 19.9 Å². The summed E-state index contributed by atoms with van der Waals surface area (Å²) in [5.74, 6) is -2.08. The van der Waals surface area contributed by atoms with Crippen LogP contribution in [-0.2, 0) is 20.7 Å². The van der Waals surface area contributed by atoms with E-state index in [1.165, 1.54) is 31.4 Å². The lowest BCUT2D eigenvalue weighted by Crippen LogP contribution is -2.40. The van der Waals surface area contributed by atoms with Gasteiger partial charge in [0, 0.05) is 24.3 Å². The van der Waals surface area contributed by atoms with Crippen molar-refractivity contribution >= 4 is 23.1 Å². The van der Waals surface area contributed by atoms with E-state index in [0.29, 0.717) is 17.8 Å². The number of rotatable bonds is 7. The molecule has 0 atom stereocenters. The van der Waals surface area contributed by atoms with Crippen molar-refractivity contribution in [1.82, 2.24) is 14.7 Å². The molecular formula is C24H23FN4O4. The van der Waals surface area contributed by atoms with E-state index in [4.69, 9.17) is 4.74 Å². The Morgan fingerprint density at radius 3 is 2.52 bits per heavy atom. The van der Waals surface area contributed by atoms with Crippen molar-refractivity contribution in [3.8, 4) is 11.6 Å². The van der Waals surface area contributed by atoms with Gasteiger partial charge in [-0.15, -0.1) is 0 Å². The number of hydrogen-bond donors (Lipinski definition) is 0. The van der Waals surface area contributed by atoms with Gasteiger partial charge < -0.3 is 9.84 Å². The first-order valence-electron chi connectivity index (χ1n) is 10.5. The quantitative estimate of drug-likeness (QED) is 0.403. The summed E-state index contributed by atoms with van der Waals surface area (Å²) in [7, 11) is 1.48. The molecule has 0 bridgehead atoms. The first-order chi connectivity index (χ1) is 15.9. The number of aromatic nitrogens is 3. The van der Waals surface area contributed by atoms with E-state index in [-0.39, 0.29) is 30.0 Å². The van der Waals surface area contributed by atoms with Crippen LogP contribution in [0.3, 0.4) is 0 Å². The number of aryl methyl sites for hydroxylation is 2. The highest BCUT2D eigenvalue weighted by molar-refractivity contribution is 6.44. The van der Waals surface area contributed by atoms with E-state index in [9.17, 15) is 19.1 Å². The molecule has 2 aromatic heterocycles. The van der Waals surface area contributed by atoms with Crippen molar-refractivity contribution in [1.29, 1.82) is 0 Å². The SMILES string of the molecule is CCc1nn(-c2ccc(F)cc2)c([O-])c1C1=C([n+]2cccc(C)c2)C(=O)N(CCOC)C1=O. The van der Waals surface area contributed by atoms with Crippen molar-refractivity contribution in [3.63, 3.8) is 0 Å². The molecule has 0 aliphatic carbocycles. The zero-order valence-electron chi connectivity index (χ0n) is 18.5. The molecule has 0 radical (unpaired) electrons. The van der Waals surface area contributed by atoms with Crippen LogP contribution in [0.5, 0.6) is 5.88 Å². The molecule has 0 unspecified atom stereocenters. The highest BCUT2D eigenvalue weighted by Crippen LogP contribution is 2.37. The molecule has 2 amide bonds. The number of amides is 2. The van der Waals surface area contributed by atoms with Crippen LogP contribution in [0.1, 0.15) is 23.7 Å². The summed E-state index contributed by atoms with van der Waals surface area (Å²) in [6, 6.07) is 8.95. The Labute approximate surface area is 190 Å². The highest BCUT2D eigenvalue weighted by Gasteiger charge is 2.46. The molecule has 1 aliphatic rings. The Morgan fingerprint density at radius 1 is 1.15 bits per heavy atom. The van der Waals surface area contributed by atoms with Crippen LogP contribution >= 0.6 is 0 Å². The maximum Gasteiger partial charge on any atom is 0.326 e. The number of ether oxygens (including phenoxy) is 1. The van der Waals surface area contributed by atoms with Gasteiger partial charge in [-0.3, -0.25) is 14.5 Å². The maximum atomic E-state index is 13.5. The first kappa shape index (κ1) is 22.3. The number of nitrogens with zero attached hydrogens (tertiary/aromatic N) is 4. The van der Waals surface area contributed by atoms with Gasteiger partial charge in [-0.1, -0.05) is 6.92 Å². The van der Waals surface area contributed by atoms with Crippen LogP contribution in [0.25, 0.3) is 17.0 Å². The number of pyridine rings is 1. The van der Waals surface area contributed by atoms with Gasteiger partial charge in [-0.25, -0.2) is 9.07 Å². The van der Waals surface area contributed by atoms with Crippen molar-refractivity contribution < 1.29 is 28.4 Å². The lowest BCUT2D eigenvalue weighted by Gasteiger charge is -2.15. The third-order valence-electron chi connectivity index (χ3n) is 5.44. The molecule has 0 saturated heterocycles. The Balaban J connectivity index is 1.96. The minimum absolute atomic E-state index is 0.00177. The summed E-state index contributed by atoms with van der Waals surface area (Å²) in [6.45, 7) is 3.89. The van der Waals surface area contributed by atoms with Crippen LogP contribution in [0.2, 0.25) is 0 Å². The minimum Gasteiger partial charge on any atom is -0.858 e. The van der Waals surface area contributed by atoms with E-state index < -0.39 is 23.5 Å². The largest absolute Gasteiger partial charge is 0.858 e. The highest BCUT2D eigenvalue weighted by atomic mass is 19.1. The number of carbonyl (C=O) groups is 2. The fraction of sp³-hybridized carbons (Fsp3) is 0.250. The molecule has 1 aliphatic heterocycles. The second-order valence-corrected chi connectivity index (χ2v) is 7.64. The van der Waals surface area contributed by atoms with Crippen LogP contribution in [-0.4, -0.2) is 46.8 Å². The molecular weight excluding hydrogens is 427 g/mol. The second-order valence-electron chi connectivity index (χ2n) is 7.64. The molecule has 3 heterocycles. The zero-order valence-corrected chi connectivity index (χ0v) is 18.5. The monoisotopic (exact) mass is 450 g/mol. The predicted molar refractivity (Wildman–Crippen MR) is 115 cm³/mol. The number of benzene rings is 1. The topological polar surface area (TPSA) is 91.4 Å². The summed E-state index contributed by atoms with van der Waals surface area (Å²) in [4.78, 5) is 27.9. The van der Waals surface area contributed by atoms with Crippen LogP contribution < -0.4 is 9.67 Å². The van der Waals surface area contributed by atoms with Crippen molar-refractivity contribution in [3.05, 3.63) is 71.4 Å². The van der Waals surface area contributed by atoms with Gasteiger partial charge in [-0.2, -0.15) is 9.67 Å². The lowest BCUT2D eigenvalue weighted by molar-refractivity contribution is -0.577. The minimum atomic E-state index is -0.577. The second kappa shape index (κ2) is 8.95.